The van der Waals surface area contributed by atoms with Gasteiger partial charge in [-0.1, -0.05) is 18.2 Å². The number of carbonyl (C=O) groups is 1. The monoisotopic (exact) mass is 485 g/mol. The van der Waals surface area contributed by atoms with Gasteiger partial charge in [0.05, 0.1) is 24.3 Å². The highest BCUT2D eigenvalue weighted by atomic mass is 32.1. The van der Waals surface area contributed by atoms with E-state index in [0.29, 0.717) is 22.9 Å². The molecule has 1 aromatic heterocycles. The zero-order chi connectivity index (χ0) is 24.1. The fourth-order valence-electron chi connectivity index (χ4n) is 3.78. The fourth-order valence-corrected chi connectivity index (χ4v) is 4.51. The Morgan fingerprint density at radius 2 is 1.97 bits per heavy atom. The van der Waals surface area contributed by atoms with Gasteiger partial charge in [-0.3, -0.25) is 24.7 Å². The summed E-state index contributed by atoms with van der Waals surface area (Å²) in [4.78, 5) is 31.7. The number of nitro benzene ring substituents is 1. The van der Waals surface area contributed by atoms with Crippen molar-refractivity contribution in [3.05, 3.63) is 69.3 Å². The molecule has 1 aliphatic heterocycles. The second-order valence-electron chi connectivity index (χ2n) is 7.91. The van der Waals surface area contributed by atoms with Gasteiger partial charge < -0.3 is 10.1 Å². The van der Waals surface area contributed by atoms with Gasteiger partial charge in [-0.05, 0) is 17.7 Å². The van der Waals surface area contributed by atoms with E-state index >= 15 is 0 Å². The van der Waals surface area contributed by atoms with E-state index < -0.39 is 4.92 Å². The van der Waals surface area contributed by atoms with Gasteiger partial charge >= 0.3 is 0 Å². The Morgan fingerprint density at radius 1 is 1.21 bits per heavy atom. The van der Waals surface area contributed by atoms with E-state index in [1.807, 2.05) is 6.07 Å². The third kappa shape index (κ3) is 5.93. The molecule has 2 heterocycles. The fraction of sp³-hybridized carbons (Fsp3) is 0.304. The molecule has 34 heavy (non-hydrogen) atoms. The van der Waals surface area contributed by atoms with Gasteiger partial charge in [0.15, 0.2) is 16.7 Å². The predicted octanol–water partition coefficient (Wildman–Crippen LogP) is 3.62. The Bertz CT molecular complexity index is 1180. The summed E-state index contributed by atoms with van der Waals surface area (Å²) in [5.41, 5.74) is 2.08. The molecule has 1 saturated heterocycles. The molecule has 0 spiro atoms. The molecule has 1 N–H and O–H groups in total. The van der Waals surface area contributed by atoms with E-state index in [2.05, 4.69) is 20.1 Å². The smallest absolute Gasteiger partial charge is 0.270 e. The molecule has 9 nitrogen and oxygen atoms in total. The highest BCUT2D eigenvalue weighted by Crippen LogP contribution is 2.27. The van der Waals surface area contributed by atoms with Crippen LogP contribution in [0.15, 0.2) is 47.8 Å². The van der Waals surface area contributed by atoms with Crippen molar-refractivity contribution >= 4 is 28.1 Å². The zero-order valence-corrected chi connectivity index (χ0v) is 19.4. The standard InChI is InChI=1S/C23H24FN5O4S/c1-33-21-6-5-16(11-19(21)24)13-27-7-9-28(10-8-27)14-22(30)26-23-25-20(15-34-23)17-3-2-4-18(12-17)29(31)32/h2-6,11-12,15H,7-10,13-14H2,1H3,(H,25,26,30). The number of hydrogen-bond acceptors (Lipinski definition) is 8. The van der Waals surface area contributed by atoms with E-state index in [0.717, 1.165) is 31.7 Å². The van der Waals surface area contributed by atoms with Gasteiger partial charge in [-0.2, -0.15) is 0 Å². The third-order valence-electron chi connectivity index (χ3n) is 5.56. The molecular formula is C23H24FN5O4S. The molecule has 0 saturated carbocycles. The van der Waals surface area contributed by atoms with Crippen LogP contribution in [-0.4, -0.2) is 65.4 Å². The number of aromatic nitrogens is 1. The van der Waals surface area contributed by atoms with Crippen LogP contribution < -0.4 is 10.1 Å². The largest absolute Gasteiger partial charge is 0.494 e. The number of ether oxygens (including phenoxy) is 1. The van der Waals surface area contributed by atoms with Crippen LogP contribution in [0, 0.1) is 15.9 Å². The summed E-state index contributed by atoms with van der Waals surface area (Å²) in [7, 11) is 1.44. The van der Waals surface area contributed by atoms with Crippen LogP contribution in [0.25, 0.3) is 11.3 Å². The van der Waals surface area contributed by atoms with Crippen LogP contribution in [0.5, 0.6) is 5.75 Å². The maximum absolute atomic E-state index is 13.9. The van der Waals surface area contributed by atoms with Crippen LogP contribution in [-0.2, 0) is 11.3 Å². The molecule has 2 aromatic carbocycles. The molecule has 1 fully saturated rings. The topological polar surface area (TPSA) is 101 Å². The number of rotatable bonds is 8. The summed E-state index contributed by atoms with van der Waals surface area (Å²) < 4.78 is 18.9. The Kier molecular flexibility index (Phi) is 7.46. The van der Waals surface area contributed by atoms with Gasteiger partial charge in [-0.25, -0.2) is 9.37 Å². The number of anilines is 1. The second kappa shape index (κ2) is 10.7. The lowest BCUT2D eigenvalue weighted by Crippen LogP contribution is -2.48. The summed E-state index contributed by atoms with van der Waals surface area (Å²) in [6.45, 7) is 3.88. The molecule has 4 rings (SSSR count). The Hall–Kier alpha value is -3.41. The maximum Gasteiger partial charge on any atom is 0.270 e. The van der Waals surface area contributed by atoms with E-state index in [-0.39, 0.29) is 29.7 Å². The molecule has 0 aliphatic carbocycles. The first-order chi connectivity index (χ1) is 16.4. The lowest BCUT2D eigenvalue weighted by Gasteiger charge is -2.34. The molecular weight excluding hydrogens is 461 g/mol. The summed E-state index contributed by atoms with van der Waals surface area (Å²) in [6.07, 6.45) is 0. The summed E-state index contributed by atoms with van der Waals surface area (Å²) in [6, 6.07) is 11.2. The number of nitro groups is 1. The average molecular weight is 486 g/mol. The highest BCUT2D eigenvalue weighted by Gasteiger charge is 2.20. The van der Waals surface area contributed by atoms with Gasteiger partial charge in [-0.15, -0.1) is 11.3 Å². The van der Waals surface area contributed by atoms with Gasteiger partial charge in [0.25, 0.3) is 5.69 Å². The third-order valence-corrected chi connectivity index (χ3v) is 6.32. The molecule has 0 radical (unpaired) electrons. The van der Waals surface area contributed by atoms with Crippen LogP contribution >= 0.6 is 11.3 Å². The van der Waals surface area contributed by atoms with Crippen LogP contribution in [0.3, 0.4) is 0 Å². The van der Waals surface area contributed by atoms with Crippen molar-refractivity contribution in [1.82, 2.24) is 14.8 Å². The molecule has 0 atom stereocenters. The molecule has 178 valence electrons. The number of benzene rings is 2. The maximum atomic E-state index is 13.9. The van der Waals surface area contributed by atoms with Crippen molar-refractivity contribution in [3.8, 4) is 17.0 Å². The minimum Gasteiger partial charge on any atom is -0.494 e. The van der Waals surface area contributed by atoms with Gasteiger partial charge in [0.2, 0.25) is 5.91 Å². The highest BCUT2D eigenvalue weighted by molar-refractivity contribution is 7.14. The number of methoxy groups -OCH3 is 1. The number of piperazine rings is 1. The lowest BCUT2D eigenvalue weighted by atomic mass is 10.1. The van der Waals surface area contributed by atoms with E-state index in [1.54, 1.807) is 23.6 Å². The number of amides is 1. The van der Waals surface area contributed by atoms with Crippen LogP contribution in [0.2, 0.25) is 0 Å². The number of halogens is 1. The van der Waals surface area contributed by atoms with Crippen molar-refractivity contribution in [1.29, 1.82) is 0 Å². The van der Waals surface area contributed by atoms with Crippen LogP contribution in [0.1, 0.15) is 5.56 Å². The molecule has 11 heteroatoms. The Morgan fingerprint density at radius 3 is 2.68 bits per heavy atom. The van der Waals surface area contributed by atoms with Crippen molar-refractivity contribution in [2.75, 3.05) is 45.2 Å². The Balaban J connectivity index is 1.25. The SMILES string of the molecule is COc1ccc(CN2CCN(CC(=O)Nc3nc(-c4cccc([N+](=O)[O-])c4)cs3)CC2)cc1F. The van der Waals surface area contributed by atoms with Gasteiger partial charge in [0.1, 0.15) is 0 Å². The number of carbonyl (C=O) groups excluding carboxylic acids is 1. The van der Waals surface area contributed by atoms with Crippen molar-refractivity contribution in [2.24, 2.45) is 0 Å². The first-order valence-electron chi connectivity index (χ1n) is 10.7. The Labute approximate surface area is 199 Å². The summed E-state index contributed by atoms with van der Waals surface area (Å²) in [5, 5.41) is 16.0. The van der Waals surface area contributed by atoms with E-state index in [1.165, 1.54) is 36.6 Å². The summed E-state index contributed by atoms with van der Waals surface area (Å²) in [5.74, 6) is -0.297. The normalized spacial score (nSPS) is 14.6. The first-order valence-corrected chi connectivity index (χ1v) is 11.6. The molecule has 0 bridgehead atoms. The number of non-ortho nitro benzene ring substituents is 1. The van der Waals surface area contributed by atoms with Gasteiger partial charge in [0, 0.05) is 55.8 Å². The number of hydrogen-bond donors (Lipinski definition) is 1. The molecule has 3 aromatic rings. The summed E-state index contributed by atoms with van der Waals surface area (Å²) >= 11 is 1.28. The number of nitrogens with one attached hydrogen (secondary N) is 1. The second-order valence-corrected chi connectivity index (χ2v) is 8.77. The molecule has 1 amide bonds. The first kappa shape index (κ1) is 23.7. The predicted molar refractivity (Wildman–Crippen MR) is 128 cm³/mol. The zero-order valence-electron chi connectivity index (χ0n) is 18.6. The number of thiazole rings is 1. The van der Waals surface area contributed by atoms with Crippen LogP contribution in [0.4, 0.5) is 15.2 Å². The lowest BCUT2D eigenvalue weighted by molar-refractivity contribution is -0.384. The molecule has 0 unspecified atom stereocenters. The average Bonchev–Trinajstić information content (AvgIpc) is 3.29. The molecule has 1 aliphatic rings. The van der Waals surface area contributed by atoms with Crippen molar-refractivity contribution < 1.29 is 18.8 Å². The minimum atomic E-state index is -0.451. The quantitative estimate of drug-likeness (QED) is 0.384. The van der Waals surface area contributed by atoms with E-state index in [4.69, 9.17) is 4.74 Å². The number of nitrogens with zero attached hydrogens (tertiary/aromatic N) is 4. The van der Waals surface area contributed by atoms with Crippen molar-refractivity contribution in [2.45, 2.75) is 6.54 Å². The van der Waals surface area contributed by atoms with Crippen molar-refractivity contribution in [3.63, 3.8) is 0 Å². The van der Waals surface area contributed by atoms with E-state index in [9.17, 15) is 19.3 Å². The minimum absolute atomic E-state index is 0.00708.